The average molecular weight is 815 g/mol. The highest BCUT2D eigenvalue weighted by atomic mass is 32.2. The van der Waals surface area contributed by atoms with Gasteiger partial charge in [-0.05, 0) is 50.7 Å². The smallest absolute Gasteiger partial charge is 0.315 e. The topological polar surface area (TPSA) is 118 Å². The van der Waals surface area contributed by atoms with Gasteiger partial charge in [0.25, 0.3) is 5.91 Å². The molecule has 0 aliphatic carbocycles. The summed E-state index contributed by atoms with van der Waals surface area (Å²) in [4.78, 5) is 37.1. The first-order valence-electron chi connectivity index (χ1n) is 23.6. The number of amides is 4. The Labute approximate surface area is 351 Å². The number of thioether (sulfide) groups is 1. The van der Waals surface area contributed by atoms with Gasteiger partial charge in [-0.25, -0.2) is 4.79 Å². The summed E-state index contributed by atoms with van der Waals surface area (Å²) < 4.78 is 12.3. The number of ether oxygens (including phenoxy) is 2. The number of fused-ring (bicyclic) bond motifs is 1. The molecule has 3 atom stereocenters. The second-order valence-electron chi connectivity index (χ2n) is 16.6. The van der Waals surface area contributed by atoms with Crippen molar-refractivity contribution in [3.63, 3.8) is 0 Å². The van der Waals surface area contributed by atoms with Crippen LogP contribution in [-0.2, 0) is 4.79 Å². The first kappa shape index (κ1) is 48.7. The SMILES string of the molecule is CCCCCCCCCCCCOc1cc(OCCCCCCCCCCCC)cc(C(=O)NCCCCCCNC(=O)CCCCC2SCC3NC(=O)NC32)c1. The minimum absolute atomic E-state index is 0.0466. The van der Waals surface area contributed by atoms with Crippen LogP contribution in [0, 0.1) is 0 Å². The molecule has 4 N–H and O–H groups in total. The van der Waals surface area contributed by atoms with E-state index in [0.717, 1.165) is 63.5 Å². The van der Waals surface area contributed by atoms with Crippen LogP contribution in [0.2, 0.25) is 0 Å². The third-order valence-electron chi connectivity index (χ3n) is 11.5. The number of hydrogen-bond acceptors (Lipinski definition) is 6. The molecule has 3 rings (SSSR count). The van der Waals surface area contributed by atoms with Gasteiger partial charge < -0.3 is 30.7 Å². The molecule has 57 heavy (non-hydrogen) atoms. The fourth-order valence-corrected chi connectivity index (χ4v) is 9.47. The van der Waals surface area contributed by atoms with Crippen LogP contribution >= 0.6 is 11.8 Å². The van der Waals surface area contributed by atoms with Gasteiger partial charge in [-0.3, -0.25) is 9.59 Å². The lowest BCUT2D eigenvalue weighted by Gasteiger charge is -2.16. The highest BCUT2D eigenvalue weighted by Crippen LogP contribution is 2.33. The largest absolute Gasteiger partial charge is 0.493 e. The van der Waals surface area contributed by atoms with Crippen LogP contribution in [0.1, 0.15) is 204 Å². The number of benzene rings is 1. The Morgan fingerprint density at radius 3 is 1.65 bits per heavy atom. The summed E-state index contributed by atoms with van der Waals surface area (Å²) in [7, 11) is 0. The van der Waals surface area contributed by atoms with Crippen molar-refractivity contribution in [2.75, 3.05) is 32.1 Å². The molecule has 1 aromatic rings. The van der Waals surface area contributed by atoms with E-state index in [1.54, 1.807) is 0 Å². The van der Waals surface area contributed by atoms with Gasteiger partial charge in [-0.1, -0.05) is 149 Å². The van der Waals surface area contributed by atoms with E-state index in [1.165, 1.54) is 116 Å². The lowest BCUT2D eigenvalue weighted by atomic mass is 10.0. The molecule has 0 spiro atoms. The zero-order valence-electron chi connectivity index (χ0n) is 36.2. The van der Waals surface area contributed by atoms with Crippen LogP contribution in [0.5, 0.6) is 11.5 Å². The van der Waals surface area contributed by atoms with Crippen molar-refractivity contribution in [1.82, 2.24) is 21.3 Å². The molecule has 2 saturated heterocycles. The molecule has 1 aromatic carbocycles. The van der Waals surface area contributed by atoms with Crippen LogP contribution in [0.3, 0.4) is 0 Å². The molecular formula is C47H82N4O5S. The predicted molar refractivity (Wildman–Crippen MR) is 239 cm³/mol. The molecule has 0 radical (unpaired) electrons. The van der Waals surface area contributed by atoms with Crippen molar-refractivity contribution >= 4 is 29.6 Å². The van der Waals surface area contributed by atoms with Gasteiger partial charge in [0.2, 0.25) is 5.91 Å². The second-order valence-corrected chi connectivity index (χ2v) is 17.9. The minimum Gasteiger partial charge on any atom is -0.493 e. The number of carbonyl (C=O) groups is 3. The Balaban J connectivity index is 1.27. The van der Waals surface area contributed by atoms with Crippen LogP contribution < -0.4 is 30.7 Å². The molecule has 2 heterocycles. The number of urea groups is 1. The van der Waals surface area contributed by atoms with Crippen molar-refractivity contribution in [3.8, 4) is 11.5 Å². The molecule has 326 valence electrons. The van der Waals surface area contributed by atoms with Crippen LogP contribution in [0.15, 0.2) is 18.2 Å². The normalized spacial score (nSPS) is 17.2. The lowest BCUT2D eigenvalue weighted by molar-refractivity contribution is -0.121. The Morgan fingerprint density at radius 1 is 0.614 bits per heavy atom. The van der Waals surface area contributed by atoms with Crippen molar-refractivity contribution in [2.24, 2.45) is 0 Å². The monoisotopic (exact) mass is 815 g/mol. The Kier molecular flexibility index (Phi) is 27.6. The van der Waals surface area contributed by atoms with Crippen molar-refractivity contribution in [3.05, 3.63) is 23.8 Å². The van der Waals surface area contributed by atoms with Gasteiger partial charge >= 0.3 is 6.03 Å². The van der Waals surface area contributed by atoms with Gasteiger partial charge in [0.05, 0.1) is 25.3 Å². The van der Waals surface area contributed by atoms with E-state index in [2.05, 4.69) is 35.1 Å². The Hall–Kier alpha value is -2.62. The summed E-state index contributed by atoms with van der Waals surface area (Å²) in [6.45, 7) is 7.15. The first-order chi connectivity index (χ1) is 28.0. The predicted octanol–water partition coefficient (Wildman–Crippen LogP) is 11.4. The summed E-state index contributed by atoms with van der Waals surface area (Å²) in [6, 6.07) is 6.10. The van der Waals surface area contributed by atoms with E-state index < -0.39 is 0 Å². The summed E-state index contributed by atoms with van der Waals surface area (Å²) in [6.07, 6.45) is 33.0. The Bertz CT molecular complexity index is 1170. The van der Waals surface area contributed by atoms with Gasteiger partial charge in [0.15, 0.2) is 0 Å². The number of rotatable bonds is 37. The third kappa shape index (κ3) is 22.9. The van der Waals surface area contributed by atoms with Crippen LogP contribution in [0.25, 0.3) is 0 Å². The molecule has 2 fully saturated rings. The molecule has 2 aliphatic rings. The standard InChI is InChI=1S/C47H82N4O5S/c1-3-5-7-9-11-13-15-17-21-27-33-55-40-35-39(36-41(37-40)56-34-28-22-18-16-14-12-10-8-6-4-2)46(53)49-32-26-20-19-25-31-48-44(52)30-24-23-29-43-45-42(38-57-43)50-47(54)51-45/h35-37,42-43,45H,3-34,38H2,1-2H3,(H,48,52)(H,49,53)(H2,50,51,54). The fraction of sp³-hybridized carbons (Fsp3) is 0.809. The van der Waals surface area contributed by atoms with Gasteiger partial charge in [-0.2, -0.15) is 11.8 Å². The first-order valence-corrected chi connectivity index (χ1v) is 24.7. The summed E-state index contributed by atoms with van der Waals surface area (Å²) in [5, 5.41) is 12.6. The average Bonchev–Trinajstić information content (AvgIpc) is 3.77. The van der Waals surface area contributed by atoms with E-state index >= 15 is 0 Å². The van der Waals surface area contributed by atoms with Crippen molar-refractivity contribution in [2.45, 2.75) is 211 Å². The molecule has 0 saturated carbocycles. The third-order valence-corrected chi connectivity index (χ3v) is 13.0. The van der Waals surface area contributed by atoms with Crippen molar-refractivity contribution in [1.29, 1.82) is 0 Å². The van der Waals surface area contributed by atoms with Crippen LogP contribution in [-0.4, -0.2) is 67.2 Å². The minimum atomic E-state index is -0.0913. The molecule has 3 unspecified atom stereocenters. The molecular weight excluding hydrogens is 733 g/mol. The van der Waals surface area contributed by atoms with E-state index in [9.17, 15) is 14.4 Å². The molecule has 2 aliphatic heterocycles. The maximum Gasteiger partial charge on any atom is 0.315 e. The number of unbranched alkanes of at least 4 members (excludes halogenated alkanes) is 22. The summed E-state index contributed by atoms with van der Waals surface area (Å²) in [5.41, 5.74) is 0.588. The van der Waals surface area contributed by atoms with Gasteiger partial charge in [-0.15, -0.1) is 0 Å². The molecule has 4 amide bonds. The maximum atomic E-state index is 13.2. The van der Waals surface area contributed by atoms with Gasteiger partial charge in [0, 0.05) is 42.1 Å². The van der Waals surface area contributed by atoms with E-state index in [0.29, 0.717) is 55.0 Å². The van der Waals surface area contributed by atoms with E-state index in [4.69, 9.17) is 9.47 Å². The zero-order chi connectivity index (χ0) is 40.6. The maximum absolute atomic E-state index is 13.2. The second kappa shape index (κ2) is 32.3. The van der Waals surface area contributed by atoms with Crippen molar-refractivity contribution < 1.29 is 23.9 Å². The lowest BCUT2D eigenvalue weighted by Crippen LogP contribution is -2.36. The highest BCUT2D eigenvalue weighted by molar-refractivity contribution is 8.00. The Morgan fingerprint density at radius 2 is 1.11 bits per heavy atom. The number of carbonyl (C=O) groups excluding carboxylic acids is 3. The molecule has 0 aromatic heterocycles. The van der Waals surface area contributed by atoms with E-state index in [1.807, 2.05) is 30.0 Å². The molecule has 10 heteroatoms. The van der Waals surface area contributed by atoms with Gasteiger partial charge in [0.1, 0.15) is 11.5 Å². The fourth-order valence-electron chi connectivity index (χ4n) is 7.93. The highest BCUT2D eigenvalue weighted by Gasteiger charge is 2.42. The number of hydrogen-bond donors (Lipinski definition) is 4. The summed E-state index contributed by atoms with van der Waals surface area (Å²) in [5.74, 6) is 2.42. The van der Waals surface area contributed by atoms with E-state index in [-0.39, 0.29) is 29.9 Å². The van der Waals surface area contributed by atoms with Crippen LogP contribution in [0.4, 0.5) is 4.79 Å². The summed E-state index contributed by atoms with van der Waals surface area (Å²) >= 11 is 1.92. The number of nitrogens with one attached hydrogen (secondary N) is 4. The zero-order valence-corrected chi connectivity index (χ0v) is 37.1. The molecule has 9 nitrogen and oxygen atoms in total. The molecule has 0 bridgehead atoms. The quantitative estimate of drug-likeness (QED) is 0.0392.